The van der Waals surface area contributed by atoms with Crippen molar-refractivity contribution in [1.82, 2.24) is 4.90 Å². The van der Waals surface area contributed by atoms with Crippen LogP contribution in [0, 0.1) is 6.92 Å². The number of para-hydroxylation sites is 1. The molecule has 1 amide bonds. The molecule has 0 bridgehead atoms. The average molecular weight is 504 g/mol. The zero-order valence-electron chi connectivity index (χ0n) is 21.1. The number of halogens is 1. The molecule has 1 N–H and O–H groups in total. The van der Waals surface area contributed by atoms with Crippen molar-refractivity contribution in [2.24, 2.45) is 0 Å². The molecule has 0 aromatic heterocycles. The number of aryl methyl sites for hydroxylation is 1. The number of ketones is 1. The molecular formula is C30H30ClNO4. The third-order valence-electron chi connectivity index (χ3n) is 6.62. The van der Waals surface area contributed by atoms with Crippen LogP contribution in [0.2, 0.25) is 5.02 Å². The molecule has 1 atom stereocenters. The van der Waals surface area contributed by atoms with E-state index >= 15 is 0 Å². The summed E-state index contributed by atoms with van der Waals surface area (Å²) in [6.45, 7) is 8.27. The number of ether oxygens (including phenoxy) is 1. The van der Waals surface area contributed by atoms with E-state index in [1.165, 1.54) is 4.90 Å². The molecular weight excluding hydrogens is 474 g/mol. The van der Waals surface area contributed by atoms with Crippen LogP contribution in [0.15, 0.2) is 72.3 Å². The highest BCUT2D eigenvalue weighted by molar-refractivity contribution is 6.46. The first-order valence-electron chi connectivity index (χ1n) is 11.8. The van der Waals surface area contributed by atoms with Gasteiger partial charge in [0.1, 0.15) is 11.5 Å². The van der Waals surface area contributed by atoms with Gasteiger partial charge < -0.3 is 14.7 Å². The second-order valence-electron chi connectivity index (χ2n) is 10.1. The van der Waals surface area contributed by atoms with Crippen molar-refractivity contribution in [3.05, 3.63) is 105 Å². The van der Waals surface area contributed by atoms with E-state index in [1.54, 1.807) is 31.4 Å². The average Bonchev–Trinajstić information content (AvgIpc) is 3.09. The predicted molar refractivity (Wildman–Crippen MR) is 142 cm³/mol. The lowest BCUT2D eigenvalue weighted by atomic mass is 9.84. The summed E-state index contributed by atoms with van der Waals surface area (Å²) in [6, 6.07) is 19.4. The van der Waals surface area contributed by atoms with Crippen LogP contribution in [0.1, 0.15) is 54.6 Å². The first-order chi connectivity index (χ1) is 17.0. The molecule has 4 rings (SSSR count). The van der Waals surface area contributed by atoms with E-state index in [2.05, 4.69) is 20.8 Å². The first-order valence-corrected chi connectivity index (χ1v) is 12.2. The van der Waals surface area contributed by atoms with Crippen molar-refractivity contribution in [3.63, 3.8) is 0 Å². The molecule has 3 aromatic rings. The molecule has 1 fully saturated rings. The highest BCUT2D eigenvalue weighted by Crippen LogP contribution is 2.42. The molecule has 5 nitrogen and oxygen atoms in total. The molecule has 1 unspecified atom stereocenters. The number of rotatable bonds is 5. The van der Waals surface area contributed by atoms with E-state index < -0.39 is 17.7 Å². The van der Waals surface area contributed by atoms with Crippen molar-refractivity contribution in [2.45, 2.75) is 45.7 Å². The number of methoxy groups -OCH3 is 1. The molecule has 0 aliphatic carbocycles. The summed E-state index contributed by atoms with van der Waals surface area (Å²) in [4.78, 5) is 28.3. The van der Waals surface area contributed by atoms with Crippen molar-refractivity contribution < 1.29 is 19.4 Å². The van der Waals surface area contributed by atoms with Crippen LogP contribution in [0.25, 0.3) is 5.76 Å². The number of hydrogen-bond acceptors (Lipinski definition) is 4. The van der Waals surface area contributed by atoms with Gasteiger partial charge in [0.2, 0.25) is 0 Å². The van der Waals surface area contributed by atoms with Crippen molar-refractivity contribution in [2.75, 3.05) is 7.11 Å². The standard InChI is InChI=1S/C30H30ClNO4/c1-18-10-13-21(30(2,3)4)16-23(18)27(33)25-26(19-11-14-22(31)15-12-19)32(29(35)28(25)34)17-20-8-6-7-9-24(20)36-5/h6-16,26,33H,17H2,1-5H3/b27-25+. The summed E-state index contributed by atoms with van der Waals surface area (Å²) < 4.78 is 5.48. The number of aliphatic hydroxyl groups is 1. The van der Waals surface area contributed by atoms with Crippen molar-refractivity contribution in [3.8, 4) is 5.75 Å². The summed E-state index contributed by atoms with van der Waals surface area (Å²) >= 11 is 6.13. The number of carbonyl (C=O) groups excluding carboxylic acids is 2. The summed E-state index contributed by atoms with van der Waals surface area (Å²) in [5.41, 5.74) is 3.70. The Morgan fingerprint density at radius 3 is 2.33 bits per heavy atom. The Morgan fingerprint density at radius 1 is 1.03 bits per heavy atom. The molecule has 0 saturated carbocycles. The maximum atomic E-state index is 13.5. The van der Waals surface area contributed by atoms with Crippen LogP contribution < -0.4 is 4.74 Å². The van der Waals surface area contributed by atoms with Gasteiger partial charge in [-0.2, -0.15) is 0 Å². The maximum Gasteiger partial charge on any atom is 0.295 e. The Hall–Kier alpha value is -3.57. The number of aliphatic hydroxyl groups excluding tert-OH is 1. The lowest BCUT2D eigenvalue weighted by Crippen LogP contribution is -2.29. The normalized spacial score (nSPS) is 17.5. The second kappa shape index (κ2) is 9.82. The molecule has 0 spiro atoms. The number of Topliss-reactive ketones (excluding diaryl/α,β-unsaturated/α-hetero) is 1. The van der Waals surface area contributed by atoms with Crippen LogP contribution in [0.5, 0.6) is 5.75 Å². The van der Waals surface area contributed by atoms with Gasteiger partial charge in [0.05, 0.1) is 25.3 Å². The van der Waals surface area contributed by atoms with Crippen LogP contribution in [0.3, 0.4) is 0 Å². The van der Waals surface area contributed by atoms with Gasteiger partial charge in [-0.15, -0.1) is 0 Å². The molecule has 1 aliphatic heterocycles. The Kier molecular flexibility index (Phi) is 6.96. The summed E-state index contributed by atoms with van der Waals surface area (Å²) in [5, 5.41) is 12.1. The molecule has 0 radical (unpaired) electrons. The van der Waals surface area contributed by atoms with E-state index in [4.69, 9.17) is 16.3 Å². The zero-order valence-corrected chi connectivity index (χ0v) is 21.9. The number of benzene rings is 3. The highest BCUT2D eigenvalue weighted by Gasteiger charge is 2.46. The molecule has 36 heavy (non-hydrogen) atoms. The van der Waals surface area contributed by atoms with Gasteiger partial charge in [-0.05, 0) is 53.3 Å². The van der Waals surface area contributed by atoms with Gasteiger partial charge in [-0.3, -0.25) is 9.59 Å². The van der Waals surface area contributed by atoms with E-state index in [0.29, 0.717) is 21.9 Å². The van der Waals surface area contributed by atoms with Gasteiger partial charge in [0.15, 0.2) is 0 Å². The second-order valence-corrected chi connectivity index (χ2v) is 10.5. The minimum absolute atomic E-state index is 0.0615. The fourth-order valence-corrected chi connectivity index (χ4v) is 4.67. The van der Waals surface area contributed by atoms with Crippen molar-refractivity contribution >= 4 is 29.1 Å². The summed E-state index contributed by atoms with van der Waals surface area (Å²) in [6.07, 6.45) is 0. The van der Waals surface area contributed by atoms with Gasteiger partial charge in [-0.1, -0.05) is 74.8 Å². The minimum atomic E-state index is -0.787. The SMILES string of the molecule is COc1ccccc1CN1C(=O)C(=O)/C(=C(/O)c2cc(C(C)(C)C)ccc2C)C1c1ccc(Cl)cc1. The number of likely N-dealkylation sites (tertiary alicyclic amines) is 1. The number of nitrogens with zero attached hydrogens (tertiary/aromatic N) is 1. The monoisotopic (exact) mass is 503 g/mol. The Morgan fingerprint density at radius 2 is 1.69 bits per heavy atom. The molecule has 1 aliphatic rings. The fraction of sp³-hybridized carbons (Fsp3) is 0.267. The number of hydrogen-bond donors (Lipinski definition) is 1. The van der Waals surface area contributed by atoms with Crippen LogP contribution in [-0.4, -0.2) is 28.8 Å². The molecule has 1 saturated heterocycles. The predicted octanol–water partition coefficient (Wildman–Crippen LogP) is 6.58. The Balaban J connectivity index is 1.91. The quantitative estimate of drug-likeness (QED) is 0.243. The topological polar surface area (TPSA) is 66.8 Å². The van der Waals surface area contributed by atoms with Crippen molar-refractivity contribution in [1.29, 1.82) is 0 Å². The third-order valence-corrected chi connectivity index (χ3v) is 6.87. The molecule has 3 aromatic carbocycles. The van der Waals surface area contributed by atoms with E-state index in [0.717, 1.165) is 16.7 Å². The van der Waals surface area contributed by atoms with Crippen LogP contribution in [0.4, 0.5) is 0 Å². The van der Waals surface area contributed by atoms with Gasteiger partial charge >= 0.3 is 0 Å². The molecule has 6 heteroatoms. The summed E-state index contributed by atoms with van der Waals surface area (Å²) in [5.74, 6) is -0.961. The molecule has 186 valence electrons. The van der Waals surface area contributed by atoms with Crippen LogP contribution in [-0.2, 0) is 21.5 Å². The Labute approximate surface area is 217 Å². The largest absolute Gasteiger partial charge is 0.507 e. The maximum absolute atomic E-state index is 13.5. The van der Waals surface area contributed by atoms with Gasteiger partial charge in [-0.25, -0.2) is 0 Å². The minimum Gasteiger partial charge on any atom is -0.507 e. The lowest BCUT2D eigenvalue weighted by Gasteiger charge is -2.26. The van der Waals surface area contributed by atoms with Gasteiger partial charge in [0, 0.05) is 16.1 Å². The first kappa shape index (κ1) is 25.5. The Bertz CT molecular complexity index is 1350. The van der Waals surface area contributed by atoms with E-state index in [1.807, 2.05) is 49.4 Å². The smallest absolute Gasteiger partial charge is 0.295 e. The number of carbonyl (C=O) groups is 2. The highest BCUT2D eigenvalue weighted by atomic mass is 35.5. The van der Waals surface area contributed by atoms with Gasteiger partial charge in [0.25, 0.3) is 11.7 Å². The fourth-order valence-electron chi connectivity index (χ4n) is 4.54. The summed E-state index contributed by atoms with van der Waals surface area (Å²) in [7, 11) is 1.56. The zero-order chi connectivity index (χ0) is 26.2. The van der Waals surface area contributed by atoms with E-state index in [9.17, 15) is 14.7 Å². The molecule has 1 heterocycles. The van der Waals surface area contributed by atoms with E-state index in [-0.39, 0.29) is 23.3 Å². The van der Waals surface area contributed by atoms with Crippen LogP contribution >= 0.6 is 11.6 Å². The number of amides is 1. The third kappa shape index (κ3) is 4.76. The lowest BCUT2D eigenvalue weighted by molar-refractivity contribution is -0.140.